The third-order valence-corrected chi connectivity index (χ3v) is 3.51. The van der Waals surface area contributed by atoms with Crippen LogP contribution in [0.4, 0.5) is 0 Å². The molecule has 0 N–H and O–H groups in total. The Morgan fingerprint density at radius 1 is 1.38 bits per heavy atom. The van der Waals surface area contributed by atoms with Crippen molar-refractivity contribution in [1.29, 1.82) is 10.5 Å². The van der Waals surface area contributed by atoms with Gasteiger partial charge in [0.25, 0.3) is 0 Å². The van der Waals surface area contributed by atoms with Crippen LogP contribution in [0.25, 0.3) is 0 Å². The molecule has 1 aliphatic rings. The molecule has 13 heavy (non-hydrogen) atoms. The summed E-state index contributed by atoms with van der Waals surface area (Å²) in [4.78, 5) is 0.799. The van der Waals surface area contributed by atoms with Crippen molar-refractivity contribution in [2.75, 3.05) is 0 Å². The summed E-state index contributed by atoms with van der Waals surface area (Å²) in [5.74, 6) is 0. The molecule has 0 fully saturated rings. The summed E-state index contributed by atoms with van der Waals surface area (Å²) < 4.78 is 0.0221. The van der Waals surface area contributed by atoms with E-state index in [0.29, 0.717) is 0 Å². The predicted octanol–water partition coefficient (Wildman–Crippen LogP) is 2.76. The first kappa shape index (κ1) is 9.89. The zero-order chi connectivity index (χ0) is 10.1. The van der Waals surface area contributed by atoms with Gasteiger partial charge in [0.15, 0.2) is 0 Å². The molecule has 0 bridgehead atoms. The quantitative estimate of drug-likeness (QED) is 0.552. The van der Waals surface area contributed by atoms with Gasteiger partial charge < -0.3 is 0 Å². The summed E-state index contributed by atoms with van der Waals surface area (Å²) in [5, 5.41) is 17.3. The highest BCUT2D eigenvalue weighted by molar-refractivity contribution is 8.05. The molecule has 0 aromatic rings. The Morgan fingerprint density at radius 3 is 2.23 bits per heavy atom. The van der Waals surface area contributed by atoms with E-state index in [2.05, 4.69) is 13.8 Å². The van der Waals surface area contributed by atoms with Crippen molar-refractivity contribution in [2.24, 2.45) is 0 Å². The van der Waals surface area contributed by atoms with E-state index in [1.807, 2.05) is 25.1 Å². The molecule has 0 spiro atoms. The number of rotatable bonds is 0. The Labute approximate surface area is 82.5 Å². The minimum Gasteiger partial charge on any atom is -0.192 e. The molecule has 0 radical (unpaired) electrons. The SMILES string of the molecule is CC1=CC(=C(C#N)C#N)SC1(C)C. The fraction of sp³-hybridized carbons (Fsp3) is 0.400. The molecular weight excluding hydrogens is 180 g/mol. The minimum atomic E-state index is 0.0221. The highest BCUT2D eigenvalue weighted by Gasteiger charge is 2.29. The second kappa shape index (κ2) is 3.28. The molecule has 2 nitrogen and oxygen atoms in total. The number of nitriles is 2. The molecule has 1 heterocycles. The topological polar surface area (TPSA) is 47.6 Å². The van der Waals surface area contributed by atoms with Crippen LogP contribution in [0.5, 0.6) is 0 Å². The number of allylic oxidation sites excluding steroid dienone is 2. The van der Waals surface area contributed by atoms with Crippen LogP contribution in [0.2, 0.25) is 0 Å². The van der Waals surface area contributed by atoms with Crippen molar-refractivity contribution >= 4 is 11.8 Å². The highest BCUT2D eigenvalue weighted by Crippen LogP contribution is 2.45. The van der Waals surface area contributed by atoms with Crippen molar-refractivity contribution in [3.8, 4) is 12.1 Å². The van der Waals surface area contributed by atoms with E-state index >= 15 is 0 Å². The second-order valence-corrected chi connectivity index (χ2v) is 5.07. The van der Waals surface area contributed by atoms with E-state index in [4.69, 9.17) is 10.5 Å². The predicted molar refractivity (Wildman–Crippen MR) is 53.7 cm³/mol. The van der Waals surface area contributed by atoms with E-state index < -0.39 is 0 Å². The fourth-order valence-corrected chi connectivity index (χ4v) is 2.21. The van der Waals surface area contributed by atoms with Crippen LogP contribution in [-0.2, 0) is 0 Å². The summed E-state index contributed by atoms with van der Waals surface area (Å²) in [6.07, 6.45) is 1.92. The monoisotopic (exact) mass is 190 g/mol. The van der Waals surface area contributed by atoms with Crippen LogP contribution in [0.15, 0.2) is 22.1 Å². The maximum absolute atomic E-state index is 8.67. The van der Waals surface area contributed by atoms with Gasteiger partial charge in [-0.15, -0.1) is 11.8 Å². The van der Waals surface area contributed by atoms with Crippen LogP contribution in [0, 0.1) is 22.7 Å². The van der Waals surface area contributed by atoms with Gasteiger partial charge in [-0.1, -0.05) is 5.57 Å². The zero-order valence-corrected chi connectivity index (χ0v) is 8.70. The fourth-order valence-electron chi connectivity index (χ4n) is 1.01. The van der Waals surface area contributed by atoms with Gasteiger partial charge in [0.1, 0.15) is 17.7 Å². The van der Waals surface area contributed by atoms with Gasteiger partial charge in [-0.2, -0.15) is 10.5 Å². The summed E-state index contributed by atoms with van der Waals surface area (Å²) in [6.45, 7) is 6.19. The lowest BCUT2D eigenvalue weighted by atomic mass is 10.0. The number of nitrogens with zero attached hydrogens (tertiary/aromatic N) is 2. The van der Waals surface area contributed by atoms with E-state index in [-0.39, 0.29) is 10.3 Å². The highest BCUT2D eigenvalue weighted by atomic mass is 32.2. The van der Waals surface area contributed by atoms with Gasteiger partial charge in [-0.25, -0.2) is 0 Å². The number of thioether (sulfide) groups is 1. The maximum atomic E-state index is 8.67. The third kappa shape index (κ3) is 1.76. The maximum Gasteiger partial charge on any atom is 0.143 e. The van der Waals surface area contributed by atoms with Gasteiger partial charge in [0.05, 0.1) is 0 Å². The molecule has 0 aliphatic carbocycles. The molecule has 66 valence electrons. The second-order valence-electron chi connectivity index (χ2n) is 3.40. The molecular formula is C10H10N2S. The Morgan fingerprint density at radius 2 is 1.92 bits per heavy atom. The van der Waals surface area contributed by atoms with Gasteiger partial charge in [-0.3, -0.25) is 0 Å². The third-order valence-electron chi connectivity index (χ3n) is 2.13. The first-order chi connectivity index (χ1) is 6.01. The van der Waals surface area contributed by atoms with Crippen molar-refractivity contribution in [1.82, 2.24) is 0 Å². The lowest BCUT2D eigenvalue weighted by molar-refractivity contribution is 0.846. The first-order valence-corrected chi connectivity index (χ1v) is 4.75. The number of hydrogen-bond donors (Lipinski definition) is 0. The Balaban J connectivity index is 3.15. The lowest BCUT2D eigenvalue weighted by Crippen LogP contribution is -2.11. The summed E-state index contributed by atoms with van der Waals surface area (Å²) >= 11 is 1.58. The molecule has 0 saturated heterocycles. The zero-order valence-electron chi connectivity index (χ0n) is 7.88. The van der Waals surface area contributed by atoms with Crippen molar-refractivity contribution in [3.63, 3.8) is 0 Å². The van der Waals surface area contributed by atoms with Crippen molar-refractivity contribution in [2.45, 2.75) is 25.5 Å². The molecule has 0 amide bonds. The molecule has 0 atom stereocenters. The van der Waals surface area contributed by atoms with E-state index in [0.717, 1.165) is 4.91 Å². The van der Waals surface area contributed by atoms with E-state index in [1.54, 1.807) is 11.8 Å². The Kier molecular flexibility index (Phi) is 2.50. The summed E-state index contributed by atoms with van der Waals surface area (Å²) in [6, 6.07) is 3.81. The minimum absolute atomic E-state index is 0.0221. The molecule has 0 aromatic carbocycles. The van der Waals surface area contributed by atoms with Gasteiger partial charge in [-0.05, 0) is 26.8 Å². The lowest BCUT2D eigenvalue weighted by Gasteiger charge is -2.17. The largest absolute Gasteiger partial charge is 0.192 e. The molecule has 1 aliphatic heterocycles. The van der Waals surface area contributed by atoms with Crippen LogP contribution >= 0.6 is 11.8 Å². The Bertz CT molecular complexity index is 359. The smallest absolute Gasteiger partial charge is 0.143 e. The van der Waals surface area contributed by atoms with Gasteiger partial charge >= 0.3 is 0 Å². The van der Waals surface area contributed by atoms with Gasteiger partial charge in [0.2, 0.25) is 0 Å². The molecule has 3 heteroatoms. The number of hydrogen-bond acceptors (Lipinski definition) is 3. The molecule has 0 saturated carbocycles. The average molecular weight is 190 g/mol. The molecule has 0 unspecified atom stereocenters. The van der Waals surface area contributed by atoms with Crippen molar-refractivity contribution in [3.05, 3.63) is 22.1 Å². The van der Waals surface area contributed by atoms with Gasteiger partial charge in [0, 0.05) is 9.65 Å². The summed E-state index contributed by atoms with van der Waals surface area (Å²) in [5.41, 5.74) is 1.42. The molecule has 1 rings (SSSR count). The van der Waals surface area contributed by atoms with Crippen LogP contribution in [0.3, 0.4) is 0 Å². The summed E-state index contributed by atoms with van der Waals surface area (Å²) in [7, 11) is 0. The van der Waals surface area contributed by atoms with E-state index in [9.17, 15) is 0 Å². The molecule has 0 aromatic heterocycles. The Hall–Kier alpha value is -1.19. The normalized spacial score (nSPS) is 18.8. The standard InChI is InChI=1S/C10H10N2S/c1-7-4-9(8(5-11)6-12)13-10(7,2)3/h4H,1-3H3. The average Bonchev–Trinajstić information content (AvgIpc) is 2.29. The van der Waals surface area contributed by atoms with Crippen LogP contribution in [0.1, 0.15) is 20.8 Å². The van der Waals surface area contributed by atoms with Crippen molar-refractivity contribution < 1.29 is 0 Å². The van der Waals surface area contributed by atoms with Crippen LogP contribution in [-0.4, -0.2) is 4.75 Å². The van der Waals surface area contributed by atoms with Crippen LogP contribution < -0.4 is 0 Å². The van der Waals surface area contributed by atoms with E-state index in [1.165, 1.54) is 5.57 Å². The first-order valence-electron chi connectivity index (χ1n) is 3.93.